The maximum absolute atomic E-state index is 6.20. The standard InChI is InChI=1S/C11H11N7OS/c12-11(3-1-4-11)10-14-9(19-15-10)8-7(2-5-20-8)18-6-13-16-17-18/h2,5-6H,1,3-4,12H2. The van der Waals surface area contributed by atoms with Crippen LogP contribution in [-0.4, -0.2) is 30.3 Å². The maximum atomic E-state index is 6.20. The van der Waals surface area contributed by atoms with E-state index in [1.54, 1.807) is 4.68 Å². The lowest BCUT2D eigenvalue weighted by Gasteiger charge is -2.34. The lowest BCUT2D eigenvalue weighted by atomic mass is 9.77. The number of nitrogens with two attached hydrogens (primary N) is 1. The van der Waals surface area contributed by atoms with E-state index in [1.807, 2.05) is 11.4 Å². The van der Waals surface area contributed by atoms with Gasteiger partial charge in [0.25, 0.3) is 5.89 Å². The summed E-state index contributed by atoms with van der Waals surface area (Å²) < 4.78 is 6.92. The monoisotopic (exact) mass is 289 g/mol. The van der Waals surface area contributed by atoms with Gasteiger partial charge >= 0.3 is 0 Å². The summed E-state index contributed by atoms with van der Waals surface area (Å²) in [6.45, 7) is 0. The summed E-state index contributed by atoms with van der Waals surface area (Å²) in [4.78, 5) is 5.28. The van der Waals surface area contributed by atoms with Crippen LogP contribution in [0.4, 0.5) is 0 Å². The smallest absolute Gasteiger partial charge is 0.270 e. The van der Waals surface area contributed by atoms with Gasteiger partial charge in [0.2, 0.25) is 0 Å². The van der Waals surface area contributed by atoms with E-state index in [0.29, 0.717) is 11.7 Å². The van der Waals surface area contributed by atoms with E-state index in [-0.39, 0.29) is 0 Å². The lowest BCUT2D eigenvalue weighted by Crippen LogP contribution is -2.44. The van der Waals surface area contributed by atoms with Crippen molar-refractivity contribution in [3.05, 3.63) is 23.6 Å². The van der Waals surface area contributed by atoms with Gasteiger partial charge in [-0.2, -0.15) is 9.67 Å². The first kappa shape index (κ1) is 11.7. The van der Waals surface area contributed by atoms with Crippen molar-refractivity contribution < 1.29 is 4.52 Å². The van der Waals surface area contributed by atoms with Gasteiger partial charge < -0.3 is 10.3 Å². The van der Waals surface area contributed by atoms with Gasteiger partial charge in [-0.1, -0.05) is 5.16 Å². The molecule has 0 bridgehead atoms. The first-order valence-electron chi connectivity index (χ1n) is 6.21. The minimum Gasteiger partial charge on any atom is -0.333 e. The van der Waals surface area contributed by atoms with E-state index >= 15 is 0 Å². The Morgan fingerprint density at radius 2 is 2.30 bits per heavy atom. The van der Waals surface area contributed by atoms with Gasteiger partial charge in [0.1, 0.15) is 11.2 Å². The highest BCUT2D eigenvalue weighted by Crippen LogP contribution is 2.38. The van der Waals surface area contributed by atoms with Gasteiger partial charge in [-0.25, -0.2) is 0 Å². The van der Waals surface area contributed by atoms with Crippen LogP contribution in [0.15, 0.2) is 22.3 Å². The van der Waals surface area contributed by atoms with Crippen LogP contribution in [0.25, 0.3) is 16.5 Å². The van der Waals surface area contributed by atoms with E-state index in [0.717, 1.165) is 29.8 Å². The van der Waals surface area contributed by atoms with E-state index in [2.05, 4.69) is 25.7 Å². The average Bonchev–Trinajstić information content (AvgIpc) is 3.13. The lowest BCUT2D eigenvalue weighted by molar-refractivity contribution is 0.229. The zero-order chi connectivity index (χ0) is 13.6. The van der Waals surface area contributed by atoms with E-state index in [1.165, 1.54) is 17.7 Å². The molecular formula is C11H11N7OS. The Balaban J connectivity index is 1.74. The molecule has 0 aliphatic heterocycles. The SMILES string of the molecule is NC1(c2noc(-c3sccc3-n3cnnn3)n2)CCC1. The molecule has 0 spiro atoms. The fourth-order valence-electron chi connectivity index (χ4n) is 2.21. The maximum Gasteiger partial charge on any atom is 0.270 e. The third-order valence-electron chi connectivity index (χ3n) is 3.55. The zero-order valence-electron chi connectivity index (χ0n) is 10.4. The summed E-state index contributed by atoms with van der Waals surface area (Å²) in [6, 6.07) is 1.90. The van der Waals surface area contributed by atoms with Crippen molar-refractivity contribution in [2.24, 2.45) is 5.73 Å². The number of thiophene rings is 1. The molecule has 0 atom stereocenters. The van der Waals surface area contributed by atoms with Crippen LogP contribution in [0.3, 0.4) is 0 Å². The number of rotatable bonds is 3. The van der Waals surface area contributed by atoms with Crippen LogP contribution >= 0.6 is 11.3 Å². The molecule has 0 unspecified atom stereocenters. The second-order valence-corrected chi connectivity index (χ2v) is 5.74. The molecule has 3 aromatic heterocycles. The predicted octanol–water partition coefficient (Wildman–Crippen LogP) is 1.11. The van der Waals surface area contributed by atoms with Gasteiger partial charge in [0.05, 0.1) is 11.2 Å². The van der Waals surface area contributed by atoms with E-state index < -0.39 is 5.54 Å². The van der Waals surface area contributed by atoms with Crippen molar-refractivity contribution in [1.82, 2.24) is 30.3 Å². The fraction of sp³-hybridized carbons (Fsp3) is 0.364. The second kappa shape index (κ2) is 4.18. The second-order valence-electron chi connectivity index (χ2n) is 4.82. The molecule has 1 aliphatic carbocycles. The highest BCUT2D eigenvalue weighted by Gasteiger charge is 2.39. The Kier molecular flexibility index (Phi) is 2.44. The third kappa shape index (κ3) is 1.67. The number of hydrogen-bond acceptors (Lipinski definition) is 8. The minimum absolute atomic E-state index is 0.423. The summed E-state index contributed by atoms with van der Waals surface area (Å²) >= 11 is 1.50. The Morgan fingerprint density at radius 1 is 1.40 bits per heavy atom. The molecule has 8 nitrogen and oxygen atoms in total. The van der Waals surface area contributed by atoms with Crippen molar-refractivity contribution in [1.29, 1.82) is 0 Å². The average molecular weight is 289 g/mol. The molecule has 1 aliphatic rings. The zero-order valence-corrected chi connectivity index (χ0v) is 11.2. The number of tetrazole rings is 1. The minimum atomic E-state index is -0.423. The molecule has 1 saturated carbocycles. The molecule has 0 saturated heterocycles. The van der Waals surface area contributed by atoms with Gasteiger partial charge in [0.15, 0.2) is 5.82 Å². The van der Waals surface area contributed by atoms with E-state index in [9.17, 15) is 0 Å². The molecule has 4 rings (SSSR count). The van der Waals surface area contributed by atoms with Crippen LogP contribution in [0.1, 0.15) is 25.1 Å². The molecule has 3 aromatic rings. The molecule has 0 radical (unpaired) electrons. The summed E-state index contributed by atoms with van der Waals surface area (Å²) in [5.74, 6) is 1.03. The summed E-state index contributed by atoms with van der Waals surface area (Å²) in [5, 5.41) is 17.1. The molecule has 0 amide bonds. The molecule has 9 heteroatoms. The normalized spacial score (nSPS) is 17.1. The molecule has 1 fully saturated rings. The molecular weight excluding hydrogens is 278 g/mol. The summed E-state index contributed by atoms with van der Waals surface area (Å²) in [7, 11) is 0. The summed E-state index contributed by atoms with van der Waals surface area (Å²) in [6.07, 6.45) is 4.43. The molecule has 3 heterocycles. The Morgan fingerprint density at radius 3 is 3.00 bits per heavy atom. The van der Waals surface area contributed by atoms with Crippen LogP contribution < -0.4 is 5.73 Å². The number of hydrogen-bond donors (Lipinski definition) is 1. The first-order valence-corrected chi connectivity index (χ1v) is 7.08. The number of nitrogens with zero attached hydrogens (tertiary/aromatic N) is 6. The number of aromatic nitrogens is 6. The molecule has 20 heavy (non-hydrogen) atoms. The van der Waals surface area contributed by atoms with Crippen molar-refractivity contribution in [3.8, 4) is 16.5 Å². The van der Waals surface area contributed by atoms with Crippen LogP contribution in [0.5, 0.6) is 0 Å². The van der Waals surface area contributed by atoms with Crippen LogP contribution in [-0.2, 0) is 5.54 Å². The van der Waals surface area contributed by atoms with Crippen LogP contribution in [0, 0.1) is 0 Å². The van der Waals surface area contributed by atoms with Gasteiger partial charge in [-0.3, -0.25) is 0 Å². The summed E-state index contributed by atoms with van der Waals surface area (Å²) in [5.41, 5.74) is 6.60. The quantitative estimate of drug-likeness (QED) is 0.769. The fourth-order valence-corrected chi connectivity index (χ4v) is 3.01. The van der Waals surface area contributed by atoms with Crippen molar-refractivity contribution in [2.45, 2.75) is 24.8 Å². The Bertz CT molecular complexity index is 728. The highest BCUT2D eigenvalue weighted by molar-refractivity contribution is 7.14. The van der Waals surface area contributed by atoms with Gasteiger partial charge in [-0.15, -0.1) is 16.4 Å². The van der Waals surface area contributed by atoms with E-state index in [4.69, 9.17) is 10.3 Å². The topological polar surface area (TPSA) is 109 Å². The molecule has 102 valence electrons. The van der Waals surface area contributed by atoms with Gasteiger partial charge in [0, 0.05) is 0 Å². The van der Waals surface area contributed by atoms with Gasteiger partial charge in [-0.05, 0) is 41.1 Å². The largest absolute Gasteiger partial charge is 0.333 e. The molecule has 0 aromatic carbocycles. The molecule has 2 N–H and O–H groups in total. The third-order valence-corrected chi connectivity index (χ3v) is 4.44. The van der Waals surface area contributed by atoms with Crippen molar-refractivity contribution >= 4 is 11.3 Å². The Labute approximate surface area is 117 Å². The Hall–Kier alpha value is -2.13. The highest BCUT2D eigenvalue weighted by atomic mass is 32.1. The van der Waals surface area contributed by atoms with Crippen molar-refractivity contribution in [2.75, 3.05) is 0 Å². The van der Waals surface area contributed by atoms with Crippen molar-refractivity contribution in [3.63, 3.8) is 0 Å². The first-order chi connectivity index (χ1) is 9.76. The predicted molar refractivity (Wildman–Crippen MR) is 70.0 cm³/mol. The van der Waals surface area contributed by atoms with Crippen LogP contribution in [0.2, 0.25) is 0 Å².